The number of ether oxygens (including phenoxy) is 1. The molecule has 3 aliphatic rings. The predicted octanol–water partition coefficient (Wildman–Crippen LogP) is 3.64. The number of likely N-dealkylation sites (tertiary alicyclic amines) is 2. The van der Waals surface area contributed by atoms with E-state index in [0.717, 1.165) is 59.2 Å². The van der Waals surface area contributed by atoms with E-state index in [0.29, 0.717) is 38.9 Å². The second kappa shape index (κ2) is 12.0. The summed E-state index contributed by atoms with van der Waals surface area (Å²) in [5, 5.41) is 14.1. The molecule has 0 radical (unpaired) electrons. The third-order valence-electron chi connectivity index (χ3n) is 8.83. The molecule has 0 saturated carbocycles. The average molecular weight is 574 g/mol. The number of rotatable bonds is 6. The van der Waals surface area contributed by atoms with Crippen molar-refractivity contribution in [3.63, 3.8) is 0 Å². The summed E-state index contributed by atoms with van der Waals surface area (Å²) >= 11 is 0. The van der Waals surface area contributed by atoms with Gasteiger partial charge in [0, 0.05) is 56.3 Å². The van der Waals surface area contributed by atoms with Crippen molar-refractivity contribution in [1.82, 2.24) is 30.2 Å². The van der Waals surface area contributed by atoms with Gasteiger partial charge in [-0.3, -0.25) is 5.10 Å². The Kier molecular flexibility index (Phi) is 8.01. The van der Waals surface area contributed by atoms with Gasteiger partial charge in [-0.15, -0.1) is 0 Å². The second-order valence-electron chi connectivity index (χ2n) is 11.8. The van der Waals surface area contributed by atoms with E-state index in [1.54, 1.807) is 11.1 Å². The van der Waals surface area contributed by atoms with E-state index in [2.05, 4.69) is 32.8 Å². The molecule has 2 fully saturated rings. The van der Waals surface area contributed by atoms with Crippen LogP contribution in [0.25, 0.3) is 10.9 Å². The number of hydrogen-bond donors (Lipinski definition) is 3. The molecule has 3 aliphatic heterocycles. The highest BCUT2D eigenvalue weighted by Gasteiger charge is 2.34. The first-order valence-corrected chi connectivity index (χ1v) is 14.9. The maximum Gasteiger partial charge on any atom is 0.329 e. The van der Waals surface area contributed by atoms with Gasteiger partial charge in [-0.2, -0.15) is 5.10 Å². The highest BCUT2D eigenvalue weighted by Crippen LogP contribution is 2.28. The summed E-state index contributed by atoms with van der Waals surface area (Å²) in [6, 6.07) is 10.7. The summed E-state index contributed by atoms with van der Waals surface area (Å²) in [5.74, 6) is -0.401. The van der Waals surface area contributed by atoms with Crippen LogP contribution in [0.3, 0.4) is 0 Å². The third kappa shape index (κ3) is 6.06. The van der Waals surface area contributed by atoms with E-state index in [-0.39, 0.29) is 24.2 Å². The largest absolute Gasteiger partial charge is 0.461 e. The van der Waals surface area contributed by atoms with Gasteiger partial charge in [0.25, 0.3) is 0 Å². The van der Waals surface area contributed by atoms with Gasteiger partial charge < -0.3 is 30.1 Å². The van der Waals surface area contributed by atoms with Crippen molar-refractivity contribution in [3.05, 3.63) is 59.3 Å². The molecule has 4 amide bonds. The number of H-pyrrole nitrogens is 1. The molecule has 2 aromatic carbocycles. The molecule has 1 aromatic heterocycles. The highest BCUT2D eigenvalue weighted by atomic mass is 16.5. The zero-order chi connectivity index (χ0) is 29.2. The number of fused-ring (bicyclic) bond motifs is 2. The lowest BCUT2D eigenvalue weighted by molar-refractivity contribution is -0.153. The lowest BCUT2D eigenvalue weighted by Crippen LogP contribution is -2.55. The fourth-order valence-corrected chi connectivity index (χ4v) is 6.35. The molecule has 1 unspecified atom stereocenters. The van der Waals surface area contributed by atoms with Crippen molar-refractivity contribution < 1.29 is 19.1 Å². The van der Waals surface area contributed by atoms with Crippen molar-refractivity contribution in [1.29, 1.82) is 0 Å². The van der Waals surface area contributed by atoms with Gasteiger partial charge in [0.05, 0.1) is 11.7 Å². The van der Waals surface area contributed by atoms with Gasteiger partial charge in [0.15, 0.2) is 0 Å². The molecular weight excluding hydrogens is 534 g/mol. The van der Waals surface area contributed by atoms with Crippen molar-refractivity contribution in [2.45, 2.75) is 63.8 Å². The summed E-state index contributed by atoms with van der Waals surface area (Å²) in [7, 11) is 2.06. The monoisotopic (exact) mass is 573 g/mol. The molecule has 11 heteroatoms. The van der Waals surface area contributed by atoms with Gasteiger partial charge in [0.1, 0.15) is 12.1 Å². The molecule has 3 aromatic rings. The number of aromatic amines is 1. The van der Waals surface area contributed by atoms with Crippen LogP contribution in [0, 0.1) is 6.92 Å². The number of amides is 4. The Bertz CT molecular complexity index is 1460. The second-order valence-corrected chi connectivity index (χ2v) is 11.8. The van der Waals surface area contributed by atoms with Gasteiger partial charge >= 0.3 is 18.0 Å². The van der Waals surface area contributed by atoms with Gasteiger partial charge in [-0.25, -0.2) is 14.4 Å². The summed E-state index contributed by atoms with van der Waals surface area (Å²) in [6.07, 6.45) is 4.84. The SMILES string of the molecule is Cc1cc(CC(NC(=O)N2CCC(N3Cc4ccccc4NC3=O)CC2)C(=O)OC2CCN(C)CC2)cc2cn[nH]c12. The van der Waals surface area contributed by atoms with Crippen LogP contribution in [-0.4, -0.2) is 94.3 Å². The number of benzene rings is 2. The summed E-state index contributed by atoms with van der Waals surface area (Å²) in [4.78, 5) is 45.6. The number of aromatic nitrogens is 2. The maximum atomic E-state index is 13.5. The Hall–Kier alpha value is -4.12. The van der Waals surface area contributed by atoms with Crippen molar-refractivity contribution >= 4 is 34.6 Å². The standard InChI is InChI=1S/C31H39N7O4/c1-20-15-21(16-23-18-32-35-28(20)23)17-27(29(39)42-25-9-11-36(2)12-10-25)34-30(40)37-13-7-24(8-14-37)38-19-22-5-3-4-6-26(22)33-31(38)41/h3-6,15-16,18,24-25,27H,7-14,17,19H2,1-2H3,(H,32,35)(H,33,41)(H,34,40). The number of carbonyl (C=O) groups excluding carboxylic acids is 3. The van der Waals surface area contributed by atoms with Crippen LogP contribution in [0.4, 0.5) is 15.3 Å². The molecule has 3 N–H and O–H groups in total. The zero-order valence-electron chi connectivity index (χ0n) is 24.3. The van der Waals surface area contributed by atoms with E-state index in [1.165, 1.54) is 0 Å². The quantitative estimate of drug-likeness (QED) is 0.387. The van der Waals surface area contributed by atoms with E-state index in [9.17, 15) is 14.4 Å². The predicted molar refractivity (Wildman–Crippen MR) is 159 cm³/mol. The number of nitrogens with one attached hydrogen (secondary N) is 3. The Labute approximate surface area is 245 Å². The number of hydrogen-bond acceptors (Lipinski definition) is 6. The molecule has 6 rings (SSSR count). The van der Waals surface area contributed by atoms with Gasteiger partial charge in [-0.1, -0.05) is 24.3 Å². The lowest BCUT2D eigenvalue weighted by Gasteiger charge is -2.40. The molecule has 2 saturated heterocycles. The summed E-state index contributed by atoms with van der Waals surface area (Å²) < 4.78 is 5.93. The number of anilines is 1. The van der Waals surface area contributed by atoms with Gasteiger partial charge in [0.2, 0.25) is 0 Å². The Balaban J connectivity index is 1.11. The van der Waals surface area contributed by atoms with Crippen molar-refractivity contribution in [2.75, 3.05) is 38.5 Å². The number of esters is 1. The summed E-state index contributed by atoms with van der Waals surface area (Å²) in [5.41, 5.74) is 4.87. The topological polar surface area (TPSA) is 123 Å². The molecule has 1 atom stereocenters. The van der Waals surface area contributed by atoms with E-state index in [1.807, 2.05) is 48.2 Å². The molecule has 0 bridgehead atoms. The number of carbonyl (C=O) groups is 3. The fraction of sp³-hybridized carbons (Fsp3) is 0.484. The van der Waals surface area contributed by atoms with Crippen molar-refractivity contribution in [3.8, 4) is 0 Å². The molecule has 11 nitrogen and oxygen atoms in total. The summed E-state index contributed by atoms with van der Waals surface area (Å²) in [6.45, 7) is 5.31. The zero-order valence-corrected chi connectivity index (χ0v) is 24.3. The number of urea groups is 2. The van der Waals surface area contributed by atoms with E-state index >= 15 is 0 Å². The molecular formula is C31H39N7O4. The minimum atomic E-state index is -0.817. The van der Waals surface area contributed by atoms with E-state index in [4.69, 9.17) is 4.74 Å². The van der Waals surface area contributed by atoms with Crippen LogP contribution in [0.15, 0.2) is 42.6 Å². The van der Waals surface area contributed by atoms with Crippen LogP contribution in [0.5, 0.6) is 0 Å². The first kappa shape index (κ1) is 28.0. The third-order valence-corrected chi connectivity index (χ3v) is 8.83. The maximum absolute atomic E-state index is 13.5. The molecule has 4 heterocycles. The number of aryl methyl sites for hydroxylation is 1. The van der Waals surface area contributed by atoms with E-state index < -0.39 is 12.0 Å². The first-order chi connectivity index (χ1) is 20.3. The van der Waals surface area contributed by atoms with Crippen LogP contribution >= 0.6 is 0 Å². The van der Waals surface area contributed by atoms with Crippen LogP contribution in [-0.2, 0) is 22.5 Å². The molecule has 42 heavy (non-hydrogen) atoms. The molecule has 222 valence electrons. The minimum Gasteiger partial charge on any atom is -0.461 e. The smallest absolute Gasteiger partial charge is 0.329 e. The number of para-hydroxylation sites is 1. The Morgan fingerprint density at radius 1 is 1.10 bits per heavy atom. The van der Waals surface area contributed by atoms with Gasteiger partial charge in [-0.05, 0) is 68.5 Å². The number of nitrogens with zero attached hydrogens (tertiary/aromatic N) is 4. The highest BCUT2D eigenvalue weighted by molar-refractivity contribution is 5.92. The fourth-order valence-electron chi connectivity index (χ4n) is 6.35. The Morgan fingerprint density at radius 3 is 2.64 bits per heavy atom. The molecule has 0 aliphatic carbocycles. The Morgan fingerprint density at radius 2 is 1.86 bits per heavy atom. The van der Waals surface area contributed by atoms with Crippen LogP contribution in [0.2, 0.25) is 0 Å². The molecule has 0 spiro atoms. The van der Waals surface area contributed by atoms with Crippen molar-refractivity contribution in [2.24, 2.45) is 0 Å². The average Bonchev–Trinajstić information content (AvgIpc) is 3.47. The minimum absolute atomic E-state index is 0.0391. The number of piperidine rings is 2. The normalized spacial score (nSPS) is 19.3. The first-order valence-electron chi connectivity index (χ1n) is 14.9. The lowest BCUT2D eigenvalue weighted by atomic mass is 10.0. The van der Waals surface area contributed by atoms with Crippen LogP contribution in [0.1, 0.15) is 42.4 Å². The van der Waals surface area contributed by atoms with Crippen LogP contribution < -0.4 is 10.6 Å².